The van der Waals surface area contributed by atoms with Crippen molar-refractivity contribution in [3.05, 3.63) is 71.3 Å². The van der Waals surface area contributed by atoms with Crippen LogP contribution >= 0.6 is 0 Å². The molecule has 39 heavy (non-hydrogen) atoms. The molecule has 212 valence electrons. The highest BCUT2D eigenvalue weighted by Gasteiger charge is 2.36. The molecule has 0 saturated carbocycles. The van der Waals surface area contributed by atoms with Gasteiger partial charge in [0, 0.05) is 19.5 Å². The third-order valence-corrected chi connectivity index (χ3v) is 5.99. The number of nitrogens with two attached hydrogens (primary N) is 1. The molecule has 2 unspecified atom stereocenters. The quantitative estimate of drug-likeness (QED) is 0.355. The van der Waals surface area contributed by atoms with Crippen LogP contribution in [0.2, 0.25) is 0 Å². The molecular formula is C30H42N4O5. The highest BCUT2D eigenvalue weighted by atomic mass is 16.6. The summed E-state index contributed by atoms with van der Waals surface area (Å²) in [7, 11) is 0. The number of nitrogens with one attached hydrogen (secondary N) is 2. The molecule has 0 aliphatic heterocycles. The summed E-state index contributed by atoms with van der Waals surface area (Å²) in [6.45, 7) is 9.62. The van der Waals surface area contributed by atoms with Gasteiger partial charge in [0.25, 0.3) is 0 Å². The van der Waals surface area contributed by atoms with Gasteiger partial charge in [-0.15, -0.1) is 0 Å². The van der Waals surface area contributed by atoms with Crippen molar-refractivity contribution in [1.82, 2.24) is 15.5 Å². The number of hydrogen-bond donors (Lipinski definition) is 3. The molecule has 0 aliphatic carbocycles. The molecule has 0 radical (unpaired) electrons. The van der Waals surface area contributed by atoms with Gasteiger partial charge < -0.3 is 26.0 Å². The monoisotopic (exact) mass is 538 g/mol. The highest BCUT2D eigenvalue weighted by Crippen LogP contribution is 2.25. The summed E-state index contributed by atoms with van der Waals surface area (Å²) in [4.78, 5) is 53.3. The molecule has 9 nitrogen and oxygen atoms in total. The molecule has 0 aromatic heterocycles. The first-order valence-electron chi connectivity index (χ1n) is 13.4. The zero-order valence-electron chi connectivity index (χ0n) is 23.7. The minimum Gasteiger partial charge on any atom is -0.444 e. The normalized spacial score (nSPS) is 12.6. The number of rotatable bonds is 13. The molecular weight excluding hydrogens is 496 g/mol. The third-order valence-electron chi connectivity index (χ3n) is 5.99. The van der Waals surface area contributed by atoms with Crippen molar-refractivity contribution in [3.8, 4) is 0 Å². The van der Waals surface area contributed by atoms with Crippen molar-refractivity contribution < 1.29 is 23.9 Å². The van der Waals surface area contributed by atoms with Crippen molar-refractivity contribution in [1.29, 1.82) is 0 Å². The molecule has 0 spiro atoms. The van der Waals surface area contributed by atoms with E-state index in [-0.39, 0.29) is 25.3 Å². The number of alkyl carbamates (subject to hydrolysis) is 1. The number of aryl methyl sites for hydroxylation is 1. The lowest BCUT2D eigenvalue weighted by Gasteiger charge is -2.34. The number of carbonyl (C=O) groups excluding carboxylic acids is 4. The van der Waals surface area contributed by atoms with Crippen LogP contribution in [0.25, 0.3) is 0 Å². The topological polar surface area (TPSA) is 131 Å². The molecule has 2 aromatic rings. The van der Waals surface area contributed by atoms with Gasteiger partial charge in [-0.2, -0.15) is 0 Å². The summed E-state index contributed by atoms with van der Waals surface area (Å²) < 4.78 is 5.35. The van der Waals surface area contributed by atoms with E-state index in [1.807, 2.05) is 68.4 Å². The van der Waals surface area contributed by atoms with Crippen molar-refractivity contribution in [2.75, 3.05) is 6.54 Å². The molecule has 9 heteroatoms. The predicted octanol–water partition coefficient (Wildman–Crippen LogP) is 4.00. The minimum absolute atomic E-state index is 0.0270. The SMILES string of the molecule is CCCN(C(=O)C(CCC(N)=O)NC(=O)OC(C)(C)C)C(C(=O)NCc1ccccc1)c1ccc(CC)cc1. The van der Waals surface area contributed by atoms with Gasteiger partial charge in [0.05, 0.1) is 0 Å². The lowest BCUT2D eigenvalue weighted by Crippen LogP contribution is -2.53. The number of benzene rings is 2. The van der Waals surface area contributed by atoms with Crippen LogP contribution in [0.4, 0.5) is 4.79 Å². The summed E-state index contributed by atoms with van der Waals surface area (Å²) in [6, 6.07) is 15.0. The first kappa shape index (κ1) is 31.3. The third kappa shape index (κ3) is 10.4. The van der Waals surface area contributed by atoms with Crippen LogP contribution in [0, 0.1) is 0 Å². The molecule has 2 atom stereocenters. The van der Waals surface area contributed by atoms with E-state index in [2.05, 4.69) is 10.6 Å². The first-order valence-corrected chi connectivity index (χ1v) is 13.4. The fourth-order valence-corrected chi connectivity index (χ4v) is 4.09. The van der Waals surface area contributed by atoms with E-state index in [1.165, 1.54) is 4.90 Å². The maximum Gasteiger partial charge on any atom is 0.408 e. The molecule has 0 bridgehead atoms. The van der Waals surface area contributed by atoms with Crippen LogP contribution in [-0.4, -0.2) is 46.9 Å². The van der Waals surface area contributed by atoms with Gasteiger partial charge in [-0.05, 0) is 56.7 Å². The largest absolute Gasteiger partial charge is 0.444 e. The van der Waals surface area contributed by atoms with Crippen LogP contribution in [0.15, 0.2) is 54.6 Å². The Kier molecular flexibility index (Phi) is 12.0. The maximum atomic E-state index is 14.0. The van der Waals surface area contributed by atoms with Gasteiger partial charge in [-0.25, -0.2) is 4.79 Å². The van der Waals surface area contributed by atoms with Gasteiger partial charge in [0.2, 0.25) is 17.7 Å². The highest BCUT2D eigenvalue weighted by molar-refractivity contribution is 5.92. The number of nitrogens with zero attached hydrogens (tertiary/aromatic N) is 1. The van der Waals surface area contributed by atoms with Gasteiger partial charge >= 0.3 is 6.09 Å². The Balaban J connectivity index is 2.44. The average molecular weight is 539 g/mol. The molecule has 0 heterocycles. The summed E-state index contributed by atoms with van der Waals surface area (Å²) in [5.74, 6) is -1.45. The lowest BCUT2D eigenvalue weighted by atomic mass is 9.99. The van der Waals surface area contributed by atoms with Crippen molar-refractivity contribution in [2.24, 2.45) is 5.73 Å². The number of carbonyl (C=O) groups is 4. The second kappa shape index (κ2) is 14.9. The van der Waals surface area contributed by atoms with E-state index in [9.17, 15) is 19.2 Å². The Labute approximate surface area is 231 Å². The molecule has 4 N–H and O–H groups in total. The van der Waals surface area contributed by atoms with Crippen molar-refractivity contribution in [2.45, 2.75) is 84.5 Å². The van der Waals surface area contributed by atoms with Gasteiger partial charge in [-0.3, -0.25) is 14.4 Å². The lowest BCUT2D eigenvalue weighted by molar-refractivity contribution is -0.142. The van der Waals surface area contributed by atoms with Crippen LogP contribution in [0.5, 0.6) is 0 Å². The Morgan fingerprint density at radius 1 is 0.949 bits per heavy atom. The zero-order valence-corrected chi connectivity index (χ0v) is 23.7. The minimum atomic E-state index is -1.11. The van der Waals surface area contributed by atoms with Crippen LogP contribution < -0.4 is 16.4 Å². The Hall–Kier alpha value is -3.88. The summed E-state index contributed by atoms with van der Waals surface area (Å²) in [5.41, 5.74) is 7.24. The van der Waals surface area contributed by atoms with E-state index in [0.717, 1.165) is 17.5 Å². The molecule has 4 amide bonds. The van der Waals surface area contributed by atoms with E-state index >= 15 is 0 Å². The van der Waals surface area contributed by atoms with E-state index in [0.29, 0.717) is 18.5 Å². The predicted molar refractivity (Wildman–Crippen MR) is 150 cm³/mol. The number of ether oxygens (including phenoxy) is 1. The maximum absolute atomic E-state index is 14.0. The molecule has 2 rings (SSSR count). The van der Waals surface area contributed by atoms with E-state index < -0.39 is 35.6 Å². The molecule has 0 fully saturated rings. The molecule has 2 aromatic carbocycles. The first-order chi connectivity index (χ1) is 18.4. The van der Waals surface area contributed by atoms with Crippen molar-refractivity contribution in [3.63, 3.8) is 0 Å². The smallest absolute Gasteiger partial charge is 0.408 e. The van der Waals surface area contributed by atoms with E-state index in [1.54, 1.807) is 20.8 Å². The molecule has 0 saturated heterocycles. The Morgan fingerprint density at radius 3 is 2.13 bits per heavy atom. The number of hydrogen-bond acceptors (Lipinski definition) is 5. The zero-order chi connectivity index (χ0) is 29.0. The summed E-state index contributed by atoms with van der Waals surface area (Å²) in [6.07, 6.45) is 0.455. The standard InChI is InChI=1S/C30H42N4O5/c1-6-19-34(28(37)24(17-18-25(31)35)33-29(38)39-30(3,4)5)26(23-15-13-21(7-2)14-16-23)27(36)32-20-22-11-9-8-10-12-22/h8-16,24,26H,6-7,17-20H2,1-5H3,(H2,31,35)(H,32,36)(H,33,38). The fraction of sp³-hybridized carbons (Fsp3) is 0.467. The average Bonchev–Trinajstić information content (AvgIpc) is 2.89. The van der Waals surface area contributed by atoms with Gasteiger partial charge in [0.15, 0.2) is 0 Å². The molecule has 0 aliphatic rings. The Bertz CT molecular complexity index is 1100. The number of primary amides is 1. The van der Waals surface area contributed by atoms with Crippen LogP contribution in [0.3, 0.4) is 0 Å². The van der Waals surface area contributed by atoms with Gasteiger partial charge in [0.1, 0.15) is 17.7 Å². The summed E-state index contributed by atoms with van der Waals surface area (Å²) >= 11 is 0. The number of amides is 4. The second-order valence-corrected chi connectivity index (χ2v) is 10.4. The van der Waals surface area contributed by atoms with Gasteiger partial charge in [-0.1, -0.05) is 68.4 Å². The fourth-order valence-electron chi connectivity index (χ4n) is 4.09. The van der Waals surface area contributed by atoms with Crippen LogP contribution in [0.1, 0.15) is 76.6 Å². The summed E-state index contributed by atoms with van der Waals surface area (Å²) in [5, 5.41) is 5.56. The van der Waals surface area contributed by atoms with E-state index in [4.69, 9.17) is 10.5 Å². The van der Waals surface area contributed by atoms with Crippen molar-refractivity contribution >= 4 is 23.8 Å². The Morgan fingerprint density at radius 2 is 1.59 bits per heavy atom. The van der Waals surface area contributed by atoms with Crippen LogP contribution in [-0.2, 0) is 32.1 Å². The second-order valence-electron chi connectivity index (χ2n) is 10.4.